The topological polar surface area (TPSA) is 110 Å². The van der Waals surface area contributed by atoms with Crippen molar-refractivity contribution in [3.63, 3.8) is 0 Å². The lowest BCUT2D eigenvalue weighted by Gasteiger charge is -2.28. The molecular weight excluding hydrogens is 466 g/mol. The van der Waals surface area contributed by atoms with E-state index in [-0.39, 0.29) is 23.8 Å². The fourth-order valence-electron chi connectivity index (χ4n) is 3.74. The molecule has 2 unspecified atom stereocenters. The highest BCUT2D eigenvalue weighted by molar-refractivity contribution is 7.89. The van der Waals surface area contributed by atoms with Gasteiger partial charge in [-0.05, 0) is 69.7 Å². The van der Waals surface area contributed by atoms with Crippen LogP contribution < -0.4 is 4.72 Å². The first kappa shape index (κ1) is 28.5. The predicted molar refractivity (Wildman–Crippen MR) is 135 cm³/mol. The number of esters is 1. The summed E-state index contributed by atoms with van der Waals surface area (Å²) in [6.45, 7) is 11.1. The van der Waals surface area contributed by atoms with E-state index < -0.39 is 39.4 Å². The smallest absolute Gasteiger partial charge is 0.310 e. The third-order valence-electron chi connectivity index (χ3n) is 5.51. The van der Waals surface area contributed by atoms with Crippen LogP contribution in [0, 0.1) is 24.7 Å². The molecule has 0 fully saturated rings. The van der Waals surface area contributed by atoms with E-state index in [2.05, 4.69) is 4.72 Å². The maximum absolute atomic E-state index is 13.0. The van der Waals surface area contributed by atoms with Crippen molar-refractivity contribution in [2.24, 2.45) is 17.8 Å². The van der Waals surface area contributed by atoms with Crippen molar-refractivity contribution in [2.75, 3.05) is 0 Å². The number of hydrogen-bond donors (Lipinski definition) is 2. The van der Waals surface area contributed by atoms with Crippen molar-refractivity contribution < 1.29 is 27.9 Å². The summed E-state index contributed by atoms with van der Waals surface area (Å²) in [6.07, 6.45) is 0.575. The largest absolute Gasteiger partial charge is 0.481 e. The first-order valence-electron chi connectivity index (χ1n) is 11.8. The van der Waals surface area contributed by atoms with E-state index in [0.29, 0.717) is 6.42 Å². The van der Waals surface area contributed by atoms with E-state index in [1.54, 1.807) is 69.3 Å². The summed E-state index contributed by atoms with van der Waals surface area (Å²) in [5.74, 6) is -3.15. The Hall–Kier alpha value is -2.71. The lowest BCUT2D eigenvalue weighted by Crippen LogP contribution is -2.37. The van der Waals surface area contributed by atoms with Gasteiger partial charge in [-0.25, -0.2) is 13.1 Å². The number of nitrogens with one attached hydrogen (secondary N) is 1. The number of sulfonamides is 1. The number of benzene rings is 2. The SMILES string of the molecule is Cc1ccc(S(=O)(=O)NCc2ccc(CC(C(=O)OC(C)(C)C)C(CC(C)C)C(=O)O)cc2)cc1. The molecule has 192 valence electrons. The van der Waals surface area contributed by atoms with E-state index in [1.165, 1.54) is 0 Å². The van der Waals surface area contributed by atoms with Gasteiger partial charge >= 0.3 is 11.9 Å². The number of carbonyl (C=O) groups is 2. The fourth-order valence-corrected chi connectivity index (χ4v) is 4.76. The van der Waals surface area contributed by atoms with Gasteiger partial charge < -0.3 is 9.84 Å². The highest BCUT2D eigenvalue weighted by atomic mass is 32.2. The molecule has 0 heterocycles. The molecule has 2 aromatic rings. The molecule has 7 nitrogen and oxygen atoms in total. The molecule has 8 heteroatoms. The number of hydrogen-bond acceptors (Lipinski definition) is 5. The van der Waals surface area contributed by atoms with Crippen molar-refractivity contribution in [3.8, 4) is 0 Å². The number of carboxylic acids is 1. The quantitative estimate of drug-likeness (QED) is 0.429. The molecule has 0 spiro atoms. The molecule has 2 aromatic carbocycles. The predicted octanol–water partition coefficient (Wildman–Crippen LogP) is 4.72. The molecule has 2 atom stereocenters. The lowest BCUT2D eigenvalue weighted by molar-refractivity contribution is -0.167. The molecule has 0 radical (unpaired) electrons. The minimum atomic E-state index is -3.64. The summed E-state index contributed by atoms with van der Waals surface area (Å²) in [5, 5.41) is 9.84. The molecule has 0 aliphatic rings. The Kier molecular flexibility index (Phi) is 9.63. The minimum Gasteiger partial charge on any atom is -0.481 e. The van der Waals surface area contributed by atoms with E-state index in [4.69, 9.17) is 4.74 Å². The number of ether oxygens (including phenoxy) is 1. The van der Waals surface area contributed by atoms with Gasteiger partial charge in [-0.1, -0.05) is 55.8 Å². The van der Waals surface area contributed by atoms with Crippen LogP contribution in [0.1, 0.15) is 57.7 Å². The van der Waals surface area contributed by atoms with Gasteiger partial charge in [-0.15, -0.1) is 0 Å². The number of rotatable bonds is 11. The van der Waals surface area contributed by atoms with Crippen LogP contribution in [0.3, 0.4) is 0 Å². The lowest BCUT2D eigenvalue weighted by atomic mass is 9.81. The van der Waals surface area contributed by atoms with Crippen LogP contribution in [0.15, 0.2) is 53.4 Å². The maximum atomic E-state index is 13.0. The molecule has 0 aliphatic carbocycles. The highest BCUT2D eigenvalue weighted by Gasteiger charge is 2.37. The van der Waals surface area contributed by atoms with Gasteiger partial charge in [0.2, 0.25) is 10.0 Å². The van der Waals surface area contributed by atoms with Gasteiger partial charge in [-0.3, -0.25) is 9.59 Å². The Labute approximate surface area is 209 Å². The van der Waals surface area contributed by atoms with Gasteiger partial charge in [0.1, 0.15) is 5.60 Å². The third kappa shape index (κ3) is 9.11. The molecule has 0 amide bonds. The van der Waals surface area contributed by atoms with Crippen LogP contribution in [0.2, 0.25) is 0 Å². The summed E-state index contributed by atoms with van der Waals surface area (Å²) in [6, 6.07) is 13.8. The summed E-state index contributed by atoms with van der Waals surface area (Å²) in [7, 11) is -3.64. The second-order valence-electron chi connectivity index (χ2n) is 10.4. The van der Waals surface area contributed by atoms with E-state index in [9.17, 15) is 23.1 Å². The summed E-state index contributed by atoms with van der Waals surface area (Å²) in [5.41, 5.74) is 1.77. The molecule has 0 bridgehead atoms. The Balaban J connectivity index is 2.16. The summed E-state index contributed by atoms with van der Waals surface area (Å²) >= 11 is 0. The monoisotopic (exact) mass is 503 g/mol. The van der Waals surface area contributed by atoms with Gasteiger partial charge in [-0.2, -0.15) is 0 Å². The van der Waals surface area contributed by atoms with Gasteiger partial charge in [0.15, 0.2) is 0 Å². The van der Waals surface area contributed by atoms with Crippen LogP contribution in [-0.2, 0) is 37.3 Å². The van der Waals surface area contributed by atoms with Gasteiger partial charge in [0, 0.05) is 6.54 Å². The number of aryl methyl sites for hydroxylation is 1. The van der Waals surface area contributed by atoms with Crippen LogP contribution in [-0.4, -0.2) is 31.1 Å². The minimum absolute atomic E-state index is 0.102. The fraction of sp³-hybridized carbons (Fsp3) is 0.481. The standard InChI is InChI=1S/C27H37NO6S/c1-18(2)15-23(25(29)30)24(26(31)34-27(4,5)6)16-20-9-11-21(12-10-20)17-28-35(32,33)22-13-7-19(3)8-14-22/h7-14,18,23-24,28H,15-17H2,1-6H3,(H,29,30). The normalized spacial score (nSPS) is 13.9. The Morgan fingerprint density at radius 3 is 1.97 bits per heavy atom. The Morgan fingerprint density at radius 1 is 0.943 bits per heavy atom. The van der Waals surface area contributed by atoms with Crippen molar-refractivity contribution in [2.45, 2.75) is 71.4 Å². The summed E-state index contributed by atoms with van der Waals surface area (Å²) < 4.78 is 33.2. The van der Waals surface area contributed by atoms with Crippen LogP contribution in [0.5, 0.6) is 0 Å². The first-order chi connectivity index (χ1) is 16.2. The number of carbonyl (C=O) groups excluding carboxylic acids is 1. The Morgan fingerprint density at radius 2 is 1.49 bits per heavy atom. The molecule has 0 aromatic heterocycles. The molecule has 0 saturated heterocycles. The molecule has 2 N–H and O–H groups in total. The van der Waals surface area contributed by atoms with E-state index >= 15 is 0 Å². The van der Waals surface area contributed by atoms with Crippen LogP contribution in [0.25, 0.3) is 0 Å². The van der Waals surface area contributed by atoms with Crippen LogP contribution >= 0.6 is 0 Å². The van der Waals surface area contributed by atoms with Crippen molar-refractivity contribution in [1.82, 2.24) is 4.72 Å². The van der Waals surface area contributed by atoms with Crippen molar-refractivity contribution in [3.05, 3.63) is 65.2 Å². The Bertz CT molecular complexity index is 1100. The zero-order valence-corrected chi connectivity index (χ0v) is 22.2. The second-order valence-corrected chi connectivity index (χ2v) is 12.1. The second kappa shape index (κ2) is 11.8. The average Bonchev–Trinajstić information content (AvgIpc) is 2.74. The average molecular weight is 504 g/mol. The van der Waals surface area contributed by atoms with Crippen molar-refractivity contribution >= 4 is 22.0 Å². The van der Waals surface area contributed by atoms with Crippen molar-refractivity contribution in [1.29, 1.82) is 0 Å². The summed E-state index contributed by atoms with van der Waals surface area (Å²) in [4.78, 5) is 25.2. The molecular formula is C27H37NO6S. The molecule has 0 saturated carbocycles. The molecule has 2 rings (SSSR count). The van der Waals surface area contributed by atoms with E-state index in [1.807, 2.05) is 20.8 Å². The first-order valence-corrected chi connectivity index (χ1v) is 13.3. The van der Waals surface area contributed by atoms with Gasteiger partial charge in [0.25, 0.3) is 0 Å². The highest BCUT2D eigenvalue weighted by Crippen LogP contribution is 2.28. The van der Waals surface area contributed by atoms with Gasteiger partial charge in [0.05, 0.1) is 16.7 Å². The maximum Gasteiger partial charge on any atom is 0.310 e. The number of carboxylic acid groups (broad SMARTS) is 1. The third-order valence-corrected chi connectivity index (χ3v) is 6.93. The number of aliphatic carboxylic acids is 1. The molecule has 35 heavy (non-hydrogen) atoms. The zero-order valence-electron chi connectivity index (χ0n) is 21.4. The zero-order chi connectivity index (χ0) is 26.4. The van der Waals surface area contributed by atoms with E-state index in [0.717, 1.165) is 16.7 Å². The molecule has 0 aliphatic heterocycles. The van der Waals surface area contributed by atoms with Crippen LogP contribution in [0.4, 0.5) is 0 Å².